The molecule has 150 valence electrons. The predicted octanol–water partition coefficient (Wildman–Crippen LogP) is 3.29. The number of benzene rings is 2. The van der Waals surface area contributed by atoms with Gasteiger partial charge in [0, 0.05) is 22.0 Å². The lowest BCUT2D eigenvalue weighted by Crippen LogP contribution is -2.16. The van der Waals surface area contributed by atoms with Crippen molar-refractivity contribution >= 4 is 28.5 Å². The maximum Gasteiger partial charge on any atom is 0.310 e. The van der Waals surface area contributed by atoms with Crippen molar-refractivity contribution in [2.24, 2.45) is 11.5 Å². The summed E-state index contributed by atoms with van der Waals surface area (Å²) < 4.78 is 5.47. The van der Waals surface area contributed by atoms with Crippen LogP contribution in [-0.2, 0) is 16.0 Å². The molecule has 29 heavy (non-hydrogen) atoms. The van der Waals surface area contributed by atoms with E-state index in [0.29, 0.717) is 11.1 Å². The molecule has 7 nitrogen and oxygen atoms in total. The van der Waals surface area contributed by atoms with Gasteiger partial charge < -0.3 is 21.2 Å². The maximum absolute atomic E-state index is 12.5. The molecule has 0 aliphatic heterocycles. The van der Waals surface area contributed by atoms with E-state index in [0.717, 1.165) is 34.1 Å². The number of H-pyrrole nitrogens is 1. The number of rotatable bonds is 7. The number of aromatic nitrogens is 1. The van der Waals surface area contributed by atoms with Crippen LogP contribution in [-0.4, -0.2) is 28.7 Å². The van der Waals surface area contributed by atoms with Crippen molar-refractivity contribution in [2.75, 3.05) is 0 Å². The van der Waals surface area contributed by atoms with Crippen LogP contribution in [0.15, 0.2) is 42.5 Å². The first-order valence-electron chi connectivity index (χ1n) is 9.43. The SMILES string of the molecule is CCC(C)OC(=O)Cc1c(-c2ccc(C(=N)N)cc2)[nH]c2cc(C(=N)N)ccc12. The van der Waals surface area contributed by atoms with Gasteiger partial charge in [-0.25, -0.2) is 0 Å². The minimum absolute atomic E-state index is 0.00310. The van der Waals surface area contributed by atoms with Crippen LogP contribution >= 0.6 is 0 Å². The number of aromatic amines is 1. The number of amidine groups is 2. The van der Waals surface area contributed by atoms with E-state index in [9.17, 15) is 4.79 Å². The van der Waals surface area contributed by atoms with Gasteiger partial charge in [-0.3, -0.25) is 15.6 Å². The summed E-state index contributed by atoms with van der Waals surface area (Å²) in [4.78, 5) is 15.8. The number of hydrogen-bond acceptors (Lipinski definition) is 4. The highest BCUT2D eigenvalue weighted by molar-refractivity contribution is 6.01. The molecular formula is C22H25N5O2. The third-order valence-electron chi connectivity index (χ3n) is 4.93. The number of esters is 1. The quantitative estimate of drug-likeness (QED) is 0.239. The van der Waals surface area contributed by atoms with Gasteiger partial charge in [-0.05, 0) is 30.5 Å². The lowest BCUT2D eigenvalue weighted by Gasteiger charge is -2.11. The molecule has 0 saturated heterocycles. The Labute approximate surface area is 169 Å². The Bertz CT molecular complexity index is 1080. The average molecular weight is 391 g/mol. The number of nitrogen functional groups attached to an aromatic ring is 2. The van der Waals surface area contributed by atoms with E-state index in [4.69, 9.17) is 27.0 Å². The number of nitrogens with two attached hydrogens (primary N) is 2. The molecule has 1 aromatic heterocycles. The Morgan fingerprint density at radius 1 is 1.07 bits per heavy atom. The van der Waals surface area contributed by atoms with Gasteiger partial charge in [0.05, 0.1) is 18.2 Å². The smallest absolute Gasteiger partial charge is 0.310 e. The zero-order valence-corrected chi connectivity index (χ0v) is 16.5. The Morgan fingerprint density at radius 2 is 1.69 bits per heavy atom. The van der Waals surface area contributed by atoms with Gasteiger partial charge in [-0.2, -0.15) is 0 Å². The van der Waals surface area contributed by atoms with Gasteiger partial charge in [0.15, 0.2) is 0 Å². The molecule has 1 unspecified atom stereocenters. The molecule has 7 heteroatoms. The fourth-order valence-corrected chi connectivity index (χ4v) is 3.16. The molecule has 0 aliphatic rings. The van der Waals surface area contributed by atoms with Crippen LogP contribution < -0.4 is 11.5 Å². The molecule has 3 aromatic rings. The monoisotopic (exact) mass is 391 g/mol. The summed E-state index contributed by atoms with van der Waals surface area (Å²) in [5.41, 5.74) is 15.7. The topological polar surface area (TPSA) is 142 Å². The highest BCUT2D eigenvalue weighted by atomic mass is 16.5. The number of hydrogen-bond donors (Lipinski definition) is 5. The second-order valence-corrected chi connectivity index (χ2v) is 7.03. The van der Waals surface area contributed by atoms with Gasteiger partial charge in [0.2, 0.25) is 0 Å². The van der Waals surface area contributed by atoms with Crippen LogP contribution in [0.2, 0.25) is 0 Å². The van der Waals surface area contributed by atoms with E-state index in [2.05, 4.69) is 4.98 Å². The first-order chi connectivity index (χ1) is 13.8. The third kappa shape index (κ3) is 4.29. The molecule has 0 spiro atoms. The van der Waals surface area contributed by atoms with Gasteiger partial charge in [-0.1, -0.05) is 43.3 Å². The van der Waals surface area contributed by atoms with Crippen molar-refractivity contribution < 1.29 is 9.53 Å². The second-order valence-electron chi connectivity index (χ2n) is 7.03. The summed E-state index contributed by atoms with van der Waals surface area (Å²) in [7, 11) is 0. The van der Waals surface area contributed by atoms with Crippen molar-refractivity contribution in [1.82, 2.24) is 4.98 Å². The highest BCUT2D eigenvalue weighted by Gasteiger charge is 2.19. The minimum Gasteiger partial charge on any atom is -0.462 e. The van der Waals surface area contributed by atoms with Crippen LogP contribution in [0.4, 0.5) is 0 Å². The van der Waals surface area contributed by atoms with Crippen LogP contribution in [0.3, 0.4) is 0 Å². The summed E-state index contributed by atoms with van der Waals surface area (Å²) in [5.74, 6) is -0.319. The van der Waals surface area contributed by atoms with Crippen molar-refractivity contribution in [2.45, 2.75) is 32.8 Å². The molecule has 7 N–H and O–H groups in total. The van der Waals surface area contributed by atoms with Crippen LogP contribution in [0.1, 0.15) is 37.0 Å². The first-order valence-corrected chi connectivity index (χ1v) is 9.43. The Kier molecular flexibility index (Phi) is 5.68. The van der Waals surface area contributed by atoms with Crippen molar-refractivity contribution in [3.8, 4) is 11.3 Å². The maximum atomic E-state index is 12.5. The highest BCUT2D eigenvalue weighted by Crippen LogP contribution is 2.32. The fraction of sp³-hybridized carbons (Fsp3) is 0.227. The Hall–Kier alpha value is -3.61. The number of fused-ring (bicyclic) bond motifs is 1. The lowest BCUT2D eigenvalue weighted by molar-refractivity contribution is -0.147. The molecule has 0 radical (unpaired) electrons. The lowest BCUT2D eigenvalue weighted by atomic mass is 10.0. The molecule has 0 fully saturated rings. The number of carbonyl (C=O) groups excluding carboxylic acids is 1. The molecule has 1 atom stereocenters. The molecule has 0 saturated carbocycles. The number of carbonyl (C=O) groups is 1. The van der Waals surface area contributed by atoms with Crippen molar-refractivity contribution in [3.05, 3.63) is 59.2 Å². The number of ether oxygens (including phenoxy) is 1. The van der Waals surface area contributed by atoms with Gasteiger partial charge in [0.1, 0.15) is 11.7 Å². The summed E-state index contributed by atoms with van der Waals surface area (Å²) in [5, 5.41) is 16.1. The Morgan fingerprint density at radius 3 is 2.28 bits per heavy atom. The molecule has 3 rings (SSSR count). The summed E-state index contributed by atoms with van der Waals surface area (Å²) in [6.07, 6.45) is 0.726. The molecule has 1 heterocycles. The van der Waals surface area contributed by atoms with Crippen molar-refractivity contribution in [3.63, 3.8) is 0 Å². The Balaban J connectivity index is 2.09. The van der Waals surface area contributed by atoms with Crippen LogP contribution in [0.5, 0.6) is 0 Å². The largest absolute Gasteiger partial charge is 0.462 e. The molecule has 2 aromatic carbocycles. The average Bonchev–Trinajstić information content (AvgIpc) is 3.05. The third-order valence-corrected chi connectivity index (χ3v) is 4.93. The molecule has 0 amide bonds. The predicted molar refractivity (Wildman–Crippen MR) is 115 cm³/mol. The zero-order chi connectivity index (χ0) is 21.1. The standard InChI is InChI=1S/C22H25N5O2/c1-3-12(2)29-19(28)11-17-16-9-8-15(22(25)26)10-18(16)27-20(17)13-4-6-14(7-5-13)21(23)24/h4-10,12,27H,3,11H2,1-2H3,(H3,23,24)(H3,25,26). The van der Waals surface area contributed by atoms with Gasteiger partial charge in [0.25, 0.3) is 0 Å². The van der Waals surface area contributed by atoms with Gasteiger partial charge >= 0.3 is 5.97 Å². The second kappa shape index (κ2) is 8.18. The van der Waals surface area contributed by atoms with Gasteiger partial charge in [-0.15, -0.1) is 0 Å². The zero-order valence-electron chi connectivity index (χ0n) is 16.5. The van der Waals surface area contributed by atoms with Crippen LogP contribution in [0.25, 0.3) is 22.2 Å². The molecular weight excluding hydrogens is 366 g/mol. The first kappa shape index (κ1) is 20.1. The fourth-order valence-electron chi connectivity index (χ4n) is 3.16. The van der Waals surface area contributed by atoms with E-state index < -0.39 is 0 Å². The van der Waals surface area contributed by atoms with Crippen molar-refractivity contribution in [1.29, 1.82) is 10.8 Å². The van der Waals surface area contributed by atoms with E-state index in [1.165, 1.54) is 0 Å². The van der Waals surface area contributed by atoms with E-state index in [1.54, 1.807) is 24.3 Å². The van der Waals surface area contributed by atoms with E-state index in [-0.39, 0.29) is 30.2 Å². The van der Waals surface area contributed by atoms with Crippen LogP contribution in [0, 0.1) is 10.8 Å². The van der Waals surface area contributed by atoms with E-state index >= 15 is 0 Å². The summed E-state index contributed by atoms with van der Waals surface area (Å²) in [6, 6.07) is 12.7. The number of nitrogens with one attached hydrogen (secondary N) is 3. The normalized spacial score (nSPS) is 11.9. The molecule has 0 aliphatic carbocycles. The summed E-state index contributed by atoms with van der Waals surface area (Å²) >= 11 is 0. The summed E-state index contributed by atoms with van der Waals surface area (Å²) in [6.45, 7) is 3.84. The minimum atomic E-state index is -0.294. The van der Waals surface area contributed by atoms with E-state index in [1.807, 2.05) is 32.0 Å². The molecule has 0 bridgehead atoms.